The molecule has 0 aliphatic heterocycles. The minimum atomic E-state index is -0.489. The molecule has 0 aliphatic carbocycles. The van der Waals surface area contributed by atoms with Crippen LogP contribution in [0.1, 0.15) is 68.1 Å². The van der Waals surface area contributed by atoms with E-state index in [2.05, 4.69) is 48.6 Å². The SMILES string of the molecule is O=C(CCCCCCCCCC[n+]1c2ccccc2c(C(=O)Oc2c(Br)cccc2Br)c2ccccc21)On1c(O)ccc1O. The van der Waals surface area contributed by atoms with Crippen LogP contribution in [-0.4, -0.2) is 26.9 Å². The molecule has 0 amide bonds. The second-order valence-corrected chi connectivity index (χ2v) is 12.6. The van der Waals surface area contributed by atoms with E-state index in [1.54, 1.807) is 0 Å². The molecule has 234 valence electrons. The van der Waals surface area contributed by atoms with Crippen molar-refractivity contribution in [2.45, 2.75) is 64.3 Å². The third-order valence-electron chi connectivity index (χ3n) is 7.75. The fourth-order valence-electron chi connectivity index (χ4n) is 5.54. The van der Waals surface area contributed by atoms with E-state index in [4.69, 9.17) is 9.57 Å². The number of hydrogen-bond acceptors (Lipinski definition) is 6. The number of carbonyl (C=O) groups is 2. The number of pyridine rings is 1. The fraction of sp³-hybridized carbons (Fsp3) is 0.286. The van der Waals surface area contributed by atoms with Gasteiger partial charge in [0, 0.05) is 37.1 Å². The summed E-state index contributed by atoms with van der Waals surface area (Å²) in [7, 11) is 0. The Labute approximate surface area is 278 Å². The van der Waals surface area contributed by atoms with Gasteiger partial charge in [-0.3, -0.25) is 0 Å². The molecule has 2 N–H and O–H groups in total. The topological polar surface area (TPSA) is 102 Å². The smallest absolute Gasteiger partial charge is 0.345 e. The first-order chi connectivity index (χ1) is 21.8. The summed E-state index contributed by atoms with van der Waals surface area (Å²) in [5.74, 6) is -1.08. The zero-order valence-electron chi connectivity index (χ0n) is 24.8. The normalized spacial score (nSPS) is 11.2. The van der Waals surface area contributed by atoms with Gasteiger partial charge in [-0.05, 0) is 69.0 Å². The van der Waals surface area contributed by atoms with Crippen molar-refractivity contribution in [1.82, 2.24) is 4.73 Å². The zero-order chi connectivity index (χ0) is 31.8. The molecule has 0 aliphatic rings. The summed E-state index contributed by atoms with van der Waals surface area (Å²) in [6.45, 7) is 0.834. The van der Waals surface area contributed by atoms with Crippen LogP contribution in [0.2, 0.25) is 0 Å². The maximum absolute atomic E-state index is 13.7. The summed E-state index contributed by atoms with van der Waals surface area (Å²) in [6, 6.07) is 24.1. The van der Waals surface area contributed by atoms with Crippen molar-refractivity contribution < 1.29 is 33.9 Å². The summed E-state index contributed by atoms with van der Waals surface area (Å²) in [5.41, 5.74) is 2.54. The average Bonchev–Trinajstić information content (AvgIpc) is 3.35. The van der Waals surface area contributed by atoms with Crippen molar-refractivity contribution in [3.63, 3.8) is 0 Å². The van der Waals surface area contributed by atoms with Gasteiger partial charge < -0.3 is 19.8 Å². The number of esters is 1. The van der Waals surface area contributed by atoms with Crippen LogP contribution in [0.5, 0.6) is 17.5 Å². The van der Waals surface area contributed by atoms with E-state index < -0.39 is 11.9 Å². The molecule has 0 fully saturated rings. The number of fused-ring (bicyclic) bond motifs is 2. The van der Waals surface area contributed by atoms with Gasteiger partial charge in [0.1, 0.15) is 6.54 Å². The fourth-order valence-corrected chi connectivity index (χ4v) is 6.70. The molecule has 0 atom stereocenters. The number of hydrogen-bond donors (Lipinski definition) is 2. The van der Waals surface area contributed by atoms with Crippen molar-refractivity contribution >= 4 is 65.6 Å². The van der Waals surface area contributed by atoms with Gasteiger partial charge in [0.15, 0.2) is 5.75 Å². The van der Waals surface area contributed by atoms with Gasteiger partial charge in [-0.2, -0.15) is 4.57 Å². The highest BCUT2D eigenvalue weighted by atomic mass is 79.9. The highest BCUT2D eigenvalue weighted by Crippen LogP contribution is 2.35. The Balaban J connectivity index is 1.14. The maximum Gasteiger partial charge on any atom is 0.345 e. The molecule has 0 spiro atoms. The molecular weight excluding hydrogens is 704 g/mol. The molecule has 0 bridgehead atoms. The van der Waals surface area contributed by atoms with Gasteiger partial charge in [0.2, 0.25) is 22.8 Å². The molecule has 0 saturated heterocycles. The molecule has 45 heavy (non-hydrogen) atoms. The Morgan fingerprint density at radius 3 is 1.76 bits per heavy atom. The number of unbranched alkanes of at least 4 members (excludes halogenated alkanes) is 7. The van der Waals surface area contributed by atoms with Gasteiger partial charge in [-0.15, -0.1) is 4.73 Å². The quantitative estimate of drug-likeness (QED) is 0.0390. The lowest BCUT2D eigenvalue weighted by Gasteiger charge is -2.13. The second-order valence-electron chi connectivity index (χ2n) is 10.9. The van der Waals surface area contributed by atoms with E-state index >= 15 is 0 Å². The molecule has 2 heterocycles. The molecule has 3 aromatic carbocycles. The minimum Gasteiger partial charge on any atom is -0.492 e. The number of aryl methyl sites for hydroxylation is 1. The van der Waals surface area contributed by atoms with Crippen LogP contribution in [-0.2, 0) is 11.3 Å². The molecule has 5 aromatic rings. The zero-order valence-corrected chi connectivity index (χ0v) is 27.9. The summed E-state index contributed by atoms with van der Waals surface area (Å²) < 4.78 is 10.4. The number of para-hydroxylation sites is 3. The number of ether oxygens (including phenoxy) is 1. The number of nitrogens with zero attached hydrogens (tertiary/aromatic N) is 2. The predicted octanol–water partition coefficient (Wildman–Crippen LogP) is 8.40. The van der Waals surface area contributed by atoms with Crippen LogP contribution < -0.4 is 14.1 Å². The third kappa shape index (κ3) is 7.86. The van der Waals surface area contributed by atoms with Crippen LogP contribution in [0.4, 0.5) is 0 Å². The molecule has 10 heteroatoms. The van der Waals surface area contributed by atoms with Gasteiger partial charge in [-0.1, -0.05) is 62.4 Å². The first-order valence-electron chi connectivity index (χ1n) is 15.2. The second kappa shape index (κ2) is 15.4. The van der Waals surface area contributed by atoms with Crippen LogP contribution in [0.15, 0.2) is 87.8 Å². The number of halogens is 2. The maximum atomic E-state index is 13.7. The number of aromatic hydroxyl groups is 2. The van der Waals surface area contributed by atoms with Crippen LogP contribution in [0, 0.1) is 0 Å². The first kappa shape index (κ1) is 32.5. The standard InChI is InChI=1S/C35H34Br2N2O6/c36-26-16-13-17-27(37)34(26)44-35(43)33-24-14-8-10-18-28(24)38(29-19-11-9-15-25(29)33)23-12-6-4-2-1-3-5-7-20-32(42)45-39-30(40)21-22-31(39)41/h8-11,13-19,21-22,43H,1-7,12,20,23H2/p+1. The highest BCUT2D eigenvalue weighted by molar-refractivity contribution is 9.11. The largest absolute Gasteiger partial charge is 0.492 e. The molecule has 2 aromatic heterocycles. The predicted molar refractivity (Wildman–Crippen MR) is 179 cm³/mol. The third-order valence-corrected chi connectivity index (χ3v) is 9.00. The van der Waals surface area contributed by atoms with Gasteiger partial charge in [0.25, 0.3) is 0 Å². The molecule has 8 nitrogen and oxygen atoms in total. The Morgan fingerprint density at radius 1 is 0.667 bits per heavy atom. The van der Waals surface area contributed by atoms with Gasteiger partial charge in [0.05, 0.1) is 25.3 Å². The summed E-state index contributed by atoms with van der Waals surface area (Å²) in [6.07, 6.45) is 8.31. The van der Waals surface area contributed by atoms with E-state index in [-0.39, 0.29) is 18.2 Å². The number of aromatic nitrogens is 2. The van der Waals surface area contributed by atoms with E-state index in [0.29, 0.717) is 26.7 Å². The minimum absolute atomic E-state index is 0.230. The Hall–Kier alpha value is -3.89. The Kier molecular flexibility index (Phi) is 11.1. The molecule has 0 radical (unpaired) electrons. The molecule has 0 unspecified atom stereocenters. The van der Waals surface area contributed by atoms with Crippen LogP contribution in [0.25, 0.3) is 21.8 Å². The number of rotatable bonds is 14. The van der Waals surface area contributed by atoms with E-state index in [1.165, 1.54) is 12.1 Å². The number of carbonyl (C=O) groups excluding carboxylic acids is 2. The lowest BCUT2D eigenvalue weighted by atomic mass is 10.0. The van der Waals surface area contributed by atoms with Crippen LogP contribution in [0.3, 0.4) is 0 Å². The van der Waals surface area contributed by atoms with Crippen molar-refractivity contribution in [1.29, 1.82) is 0 Å². The summed E-state index contributed by atoms with van der Waals surface area (Å²) in [4.78, 5) is 30.6. The summed E-state index contributed by atoms with van der Waals surface area (Å²) >= 11 is 6.99. The van der Waals surface area contributed by atoms with E-state index in [0.717, 1.165) is 78.0 Å². The Morgan fingerprint density at radius 2 is 1.18 bits per heavy atom. The van der Waals surface area contributed by atoms with E-state index in [1.807, 2.05) is 54.6 Å². The number of benzene rings is 3. The molecule has 5 rings (SSSR count). The van der Waals surface area contributed by atoms with Gasteiger partial charge >= 0.3 is 11.9 Å². The van der Waals surface area contributed by atoms with Gasteiger partial charge in [-0.25, -0.2) is 9.59 Å². The average molecular weight is 739 g/mol. The Bertz CT molecular complexity index is 1720. The van der Waals surface area contributed by atoms with Crippen molar-refractivity contribution in [3.8, 4) is 17.5 Å². The lowest BCUT2D eigenvalue weighted by molar-refractivity contribution is -0.645. The first-order valence-corrected chi connectivity index (χ1v) is 16.7. The lowest BCUT2D eigenvalue weighted by Crippen LogP contribution is -2.36. The monoisotopic (exact) mass is 737 g/mol. The van der Waals surface area contributed by atoms with E-state index in [9.17, 15) is 19.8 Å². The highest BCUT2D eigenvalue weighted by Gasteiger charge is 2.26. The van der Waals surface area contributed by atoms with Crippen molar-refractivity contribution in [3.05, 3.63) is 93.4 Å². The molecular formula is C35H35Br2N2O6+. The van der Waals surface area contributed by atoms with Crippen LogP contribution >= 0.6 is 31.9 Å². The van der Waals surface area contributed by atoms with Crippen molar-refractivity contribution in [2.75, 3.05) is 0 Å². The van der Waals surface area contributed by atoms with Crippen molar-refractivity contribution in [2.24, 2.45) is 0 Å². The molecule has 0 saturated carbocycles. The summed E-state index contributed by atoms with van der Waals surface area (Å²) in [5, 5.41) is 20.8.